The van der Waals surface area contributed by atoms with Crippen molar-refractivity contribution in [3.05, 3.63) is 27.7 Å². The van der Waals surface area contributed by atoms with Crippen LogP contribution in [-0.4, -0.2) is 23.5 Å². The Morgan fingerprint density at radius 1 is 1.06 bits per heavy atom. The standard InChI is InChI=1S/C8H2Cl3N5S/c9-3-1-4(10)7(6-5(3)14-17-15-6)16-2-12-13-8(16)11/h1-2H. The predicted molar refractivity (Wildman–Crippen MR) is 67.4 cm³/mol. The monoisotopic (exact) mass is 305 g/mol. The van der Waals surface area contributed by atoms with Gasteiger partial charge >= 0.3 is 0 Å². The zero-order chi connectivity index (χ0) is 12.0. The molecule has 0 aliphatic heterocycles. The van der Waals surface area contributed by atoms with E-state index in [1.165, 1.54) is 10.9 Å². The van der Waals surface area contributed by atoms with Gasteiger partial charge in [-0.15, -0.1) is 10.2 Å². The fourth-order valence-corrected chi connectivity index (χ4v) is 2.83. The van der Waals surface area contributed by atoms with Crippen molar-refractivity contribution >= 4 is 57.6 Å². The van der Waals surface area contributed by atoms with E-state index >= 15 is 0 Å². The molecule has 0 radical (unpaired) electrons. The van der Waals surface area contributed by atoms with E-state index in [-0.39, 0.29) is 5.28 Å². The van der Waals surface area contributed by atoms with E-state index in [4.69, 9.17) is 34.8 Å². The zero-order valence-electron chi connectivity index (χ0n) is 7.93. The van der Waals surface area contributed by atoms with Gasteiger partial charge in [0.1, 0.15) is 17.4 Å². The minimum absolute atomic E-state index is 0.198. The molecule has 5 nitrogen and oxygen atoms in total. The second-order valence-corrected chi connectivity index (χ2v) is 4.80. The largest absolute Gasteiger partial charge is 0.268 e. The van der Waals surface area contributed by atoms with E-state index in [0.717, 1.165) is 11.7 Å². The van der Waals surface area contributed by atoms with Crippen LogP contribution in [0.3, 0.4) is 0 Å². The highest BCUT2D eigenvalue weighted by Crippen LogP contribution is 2.34. The van der Waals surface area contributed by atoms with Gasteiger partial charge in [0.25, 0.3) is 0 Å². The number of rotatable bonds is 1. The topological polar surface area (TPSA) is 56.5 Å². The summed E-state index contributed by atoms with van der Waals surface area (Å²) >= 11 is 19.1. The number of benzene rings is 1. The molecule has 86 valence electrons. The van der Waals surface area contributed by atoms with Crippen molar-refractivity contribution in [3.8, 4) is 5.69 Å². The molecule has 3 rings (SSSR count). The number of halogens is 3. The van der Waals surface area contributed by atoms with Crippen LogP contribution in [0, 0.1) is 0 Å². The predicted octanol–water partition coefficient (Wildman–Crippen LogP) is 3.23. The molecule has 2 aromatic heterocycles. The van der Waals surface area contributed by atoms with Crippen molar-refractivity contribution in [2.75, 3.05) is 0 Å². The molecule has 0 saturated heterocycles. The lowest BCUT2D eigenvalue weighted by molar-refractivity contribution is 1.07. The summed E-state index contributed by atoms with van der Waals surface area (Å²) in [5.41, 5.74) is 1.74. The van der Waals surface area contributed by atoms with Crippen LogP contribution in [0.4, 0.5) is 0 Å². The van der Waals surface area contributed by atoms with Crippen molar-refractivity contribution in [2.45, 2.75) is 0 Å². The first kappa shape index (κ1) is 11.2. The summed E-state index contributed by atoms with van der Waals surface area (Å²) in [6.45, 7) is 0. The normalized spacial score (nSPS) is 11.2. The maximum atomic E-state index is 6.15. The Morgan fingerprint density at radius 3 is 2.53 bits per heavy atom. The van der Waals surface area contributed by atoms with Crippen molar-refractivity contribution in [2.24, 2.45) is 0 Å². The number of aromatic nitrogens is 5. The molecule has 0 spiro atoms. The van der Waals surface area contributed by atoms with Gasteiger partial charge in [0.05, 0.1) is 27.5 Å². The van der Waals surface area contributed by atoms with E-state index in [0.29, 0.717) is 26.8 Å². The molecule has 0 bridgehead atoms. The lowest BCUT2D eigenvalue weighted by Gasteiger charge is -2.06. The van der Waals surface area contributed by atoms with Gasteiger partial charge in [0, 0.05) is 0 Å². The van der Waals surface area contributed by atoms with Crippen LogP contribution in [0.15, 0.2) is 12.4 Å². The van der Waals surface area contributed by atoms with E-state index in [1.807, 2.05) is 0 Å². The number of hydrogen-bond acceptors (Lipinski definition) is 5. The van der Waals surface area contributed by atoms with E-state index in [1.54, 1.807) is 6.07 Å². The highest BCUT2D eigenvalue weighted by Gasteiger charge is 2.17. The van der Waals surface area contributed by atoms with Crippen molar-refractivity contribution in [1.29, 1.82) is 0 Å². The molecule has 2 heterocycles. The summed E-state index contributed by atoms with van der Waals surface area (Å²) in [5, 5.41) is 8.45. The zero-order valence-corrected chi connectivity index (χ0v) is 11.0. The minimum atomic E-state index is 0.198. The summed E-state index contributed by atoms with van der Waals surface area (Å²) in [7, 11) is 0. The van der Waals surface area contributed by atoms with Crippen LogP contribution in [0.25, 0.3) is 16.7 Å². The third-order valence-corrected chi connectivity index (χ3v) is 3.53. The van der Waals surface area contributed by atoms with Crippen molar-refractivity contribution in [3.63, 3.8) is 0 Å². The molecule has 0 atom stereocenters. The summed E-state index contributed by atoms with van der Waals surface area (Å²) in [5.74, 6) is 0. The average Bonchev–Trinajstić information content (AvgIpc) is 2.88. The van der Waals surface area contributed by atoms with E-state index in [9.17, 15) is 0 Å². The van der Waals surface area contributed by atoms with Gasteiger partial charge in [-0.25, -0.2) is 0 Å². The Bertz CT molecular complexity index is 706. The molecule has 1 aromatic carbocycles. The molecule has 0 N–H and O–H groups in total. The van der Waals surface area contributed by atoms with E-state index < -0.39 is 0 Å². The molecule has 0 aliphatic carbocycles. The van der Waals surface area contributed by atoms with E-state index in [2.05, 4.69) is 18.9 Å². The van der Waals surface area contributed by atoms with Crippen molar-refractivity contribution < 1.29 is 0 Å². The molecular formula is C8H2Cl3N5S. The Hall–Kier alpha value is -0.950. The van der Waals surface area contributed by atoms with Crippen molar-refractivity contribution in [1.82, 2.24) is 23.5 Å². The summed E-state index contributed by atoms with van der Waals surface area (Å²) < 4.78 is 9.80. The number of nitrogens with zero attached hydrogens (tertiary/aromatic N) is 5. The Labute approximate surface area is 114 Å². The first-order valence-electron chi connectivity index (χ1n) is 4.34. The quantitative estimate of drug-likeness (QED) is 0.692. The van der Waals surface area contributed by atoms with Gasteiger partial charge < -0.3 is 0 Å². The van der Waals surface area contributed by atoms with Gasteiger partial charge in [-0.1, -0.05) is 23.2 Å². The molecule has 17 heavy (non-hydrogen) atoms. The lowest BCUT2D eigenvalue weighted by Crippen LogP contribution is -1.95. The van der Waals surface area contributed by atoms with Gasteiger partial charge in [0.2, 0.25) is 5.28 Å². The molecule has 0 amide bonds. The first-order valence-corrected chi connectivity index (χ1v) is 6.21. The van der Waals surface area contributed by atoms with Crippen LogP contribution in [0.5, 0.6) is 0 Å². The van der Waals surface area contributed by atoms with Gasteiger partial charge in [-0.3, -0.25) is 4.57 Å². The van der Waals surface area contributed by atoms with Gasteiger partial charge in [0.15, 0.2) is 0 Å². The fraction of sp³-hybridized carbons (Fsp3) is 0. The smallest absolute Gasteiger partial charge is 0.229 e. The molecule has 0 fully saturated rings. The second-order valence-electron chi connectivity index (χ2n) is 3.12. The lowest BCUT2D eigenvalue weighted by atomic mass is 10.2. The SMILES string of the molecule is Clc1cc(Cl)c2nsnc2c1-n1cnnc1Cl. The van der Waals surface area contributed by atoms with Crippen LogP contribution in [0.2, 0.25) is 15.3 Å². The molecule has 3 aromatic rings. The Kier molecular flexibility index (Phi) is 2.67. The molecule has 0 saturated carbocycles. The molecule has 9 heteroatoms. The number of fused-ring (bicyclic) bond motifs is 1. The fourth-order valence-electron chi connectivity index (χ4n) is 1.46. The first-order chi connectivity index (χ1) is 8.18. The molecule has 0 aliphatic rings. The van der Waals surface area contributed by atoms with Crippen LogP contribution in [0.1, 0.15) is 0 Å². The third-order valence-electron chi connectivity index (χ3n) is 2.17. The Morgan fingerprint density at radius 2 is 1.82 bits per heavy atom. The summed E-state index contributed by atoms with van der Waals surface area (Å²) in [6.07, 6.45) is 1.45. The van der Waals surface area contributed by atoms with Crippen LogP contribution >= 0.6 is 46.5 Å². The average molecular weight is 307 g/mol. The molecular weight excluding hydrogens is 305 g/mol. The van der Waals surface area contributed by atoms with Crippen LogP contribution < -0.4 is 0 Å². The Balaban J connectivity index is 2.44. The summed E-state index contributed by atoms with van der Waals surface area (Å²) in [4.78, 5) is 0. The third kappa shape index (κ3) is 1.68. The summed E-state index contributed by atoms with van der Waals surface area (Å²) in [6, 6.07) is 1.60. The molecule has 0 unspecified atom stereocenters. The minimum Gasteiger partial charge on any atom is -0.268 e. The maximum absolute atomic E-state index is 6.15. The highest BCUT2D eigenvalue weighted by atomic mass is 35.5. The number of hydrogen-bond donors (Lipinski definition) is 0. The van der Waals surface area contributed by atoms with Gasteiger partial charge in [-0.05, 0) is 17.7 Å². The second kappa shape index (κ2) is 4.06. The highest BCUT2D eigenvalue weighted by molar-refractivity contribution is 7.00. The van der Waals surface area contributed by atoms with Gasteiger partial charge in [-0.2, -0.15) is 8.75 Å². The maximum Gasteiger partial charge on any atom is 0.229 e. The van der Waals surface area contributed by atoms with Crippen LogP contribution in [-0.2, 0) is 0 Å².